The van der Waals surface area contributed by atoms with E-state index in [1.807, 2.05) is 0 Å². The van der Waals surface area contributed by atoms with Crippen molar-refractivity contribution in [3.05, 3.63) is 42.5 Å². The van der Waals surface area contributed by atoms with Crippen molar-refractivity contribution in [1.29, 1.82) is 0 Å². The quantitative estimate of drug-likeness (QED) is 0.404. The molecule has 0 fully saturated rings. The van der Waals surface area contributed by atoms with Crippen LogP contribution in [0.1, 0.15) is 10.4 Å². The van der Waals surface area contributed by atoms with E-state index in [-0.39, 0.29) is 5.91 Å². The lowest BCUT2D eigenvalue weighted by molar-refractivity contribution is 0.0937. The van der Waals surface area contributed by atoms with E-state index in [2.05, 4.69) is 22.5 Å². The summed E-state index contributed by atoms with van der Waals surface area (Å²) in [6.07, 6.45) is 1.72. The van der Waals surface area contributed by atoms with Crippen LogP contribution in [0.3, 0.4) is 0 Å². The van der Waals surface area contributed by atoms with Crippen LogP contribution in [0, 0.1) is 0 Å². The van der Waals surface area contributed by atoms with E-state index in [4.69, 9.17) is 17.0 Å². The van der Waals surface area contributed by atoms with Crippen molar-refractivity contribution in [1.82, 2.24) is 10.6 Å². The summed E-state index contributed by atoms with van der Waals surface area (Å²) in [5, 5.41) is 9.25. The smallest absolute Gasteiger partial charge is 0.251 e. The standard InChI is InChI=1S/C14H19N3O2S/c1-3-8-16-14(20)17-12-6-4-11(5-7-12)13(18)15-9-10-19-2/h3-7H,1,8-10H2,2H3,(H,15,18)(H2,16,17,20). The van der Waals surface area contributed by atoms with Gasteiger partial charge in [0.25, 0.3) is 5.91 Å². The zero-order valence-corrected chi connectivity index (χ0v) is 12.3. The molecule has 0 aliphatic heterocycles. The van der Waals surface area contributed by atoms with Crippen LogP contribution in [-0.4, -0.2) is 37.8 Å². The highest BCUT2D eigenvalue weighted by Crippen LogP contribution is 2.09. The largest absolute Gasteiger partial charge is 0.383 e. The molecule has 0 atom stereocenters. The van der Waals surface area contributed by atoms with Crippen molar-refractivity contribution in [2.75, 3.05) is 32.1 Å². The first-order valence-corrected chi connectivity index (χ1v) is 6.61. The van der Waals surface area contributed by atoms with Crippen molar-refractivity contribution in [2.45, 2.75) is 0 Å². The maximum atomic E-state index is 11.8. The summed E-state index contributed by atoms with van der Waals surface area (Å²) in [5.41, 5.74) is 1.41. The van der Waals surface area contributed by atoms with Crippen LogP contribution in [0.15, 0.2) is 36.9 Å². The summed E-state index contributed by atoms with van der Waals surface area (Å²) < 4.78 is 4.87. The van der Waals surface area contributed by atoms with Gasteiger partial charge in [-0.1, -0.05) is 6.08 Å². The van der Waals surface area contributed by atoms with E-state index in [9.17, 15) is 4.79 Å². The van der Waals surface area contributed by atoms with Gasteiger partial charge in [-0.25, -0.2) is 0 Å². The van der Waals surface area contributed by atoms with Crippen molar-refractivity contribution in [3.63, 3.8) is 0 Å². The molecule has 1 aromatic rings. The molecule has 1 aromatic carbocycles. The van der Waals surface area contributed by atoms with E-state index in [1.165, 1.54) is 0 Å². The molecule has 1 rings (SSSR count). The Kier molecular flexibility index (Phi) is 7.31. The number of methoxy groups -OCH3 is 1. The normalized spacial score (nSPS) is 9.65. The monoisotopic (exact) mass is 293 g/mol. The molecule has 0 saturated carbocycles. The average Bonchev–Trinajstić information content (AvgIpc) is 2.46. The lowest BCUT2D eigenvalue weighted by atomic mass is 10.2. The summed E-state index contributed by atoms with van der Waals surface area (Å²) >= 11 is 5.09. The van der Waals surface area contributed by atoms with Gasteiger partial charge in [0.15, 0.2) is 5.11 Å². The molecule has 6 heteroatoms. The number of amides is 1. The number of carbonyl (C=O) groups is 1. The average molecular weight is 293 g/mol. The van der Waals surface area contributed by atoms with E-state index in [0.717, 1.165) is 5.69 Å². The highest BCUT2D eigenvalue weighted by Gasteiger charge is 2.04. The summed E-state index contributed by atoms with van der Waals surface area (Å²) in [6.45, 7) is 5.19. The Morgan fingerprint density at radius 1 is 1.35 bits per heavy atom. The molecule has 0 aromatic heterocycles. The molecule has 108 valence electrons. The van der Waals surface area contributed by atoms with E-state index < -0.39 is 0 Å². The van der Waals surface area contributed by atoms with Crippen LogP contribution in [-0.2, 0) is 4.74 Å². The maximum Gasteiger partial charge on any atom is 0.251 e. The van der Waals surface area contributed by atoms with Gasteiger partial charge in [-0.05, 0) is 36.5 Å². The summed E-state index contributed by atoms with van der Waals surface area (Å²) in [7, 11) is 1.59. The first-order chi connectivity index (χ1) is 9.67. The lowest BCUT2D eigenvalue weighted by Gasteiger charge is -2.09. The summed E-state index contributed by atoms with van der Waals surface area (Å²) in [6, 6.07) is 7.07. The fraction of sp³-hybridized carbons (Fsp3) is 0.286. The van der Waals surface area contributed by atoms with Gasteiger partial charge in [0.05, 0.1) is 6.61 Å². The van der Waals surface area contributed by atoms with E-state index in [1.54, 1.807) is 37.5 Å². The minimum absolute atomic E-state index is 0.124. The van der Waals surface area contributed by atoms with Gasteiger partial charge >= 0.3 is 0 Å². The predicted octanol–water partition coefficient (Wildman–Crippen LogP) is 1.54. The van der Waals surface area contributed by atoms with Gasteiger partial charge in [0.1, 0.15) is 0 Å². The number of rotatable bonds is 7. The Morgan fingerprint density at radius 3 is 2.65 bits per heavy atom. The minimum atomic E-state index is -0.124. The van der Waals surface area contributed by atoms with Gasteiger partial charge in [-0.2, -0.15) is 0 Å². The number of carbonyl (C=O) groups excluding carboxylic acids is 1. The number of nitrogens with one attached hydrogen (secondary N) is 3. The molecular formula is C14H19N3O2S. The topological polar surface area (TPSA) is 62.4 Å². The Bertz CT molecular complexity index is 460. The van der Waals surface area contributed by atoms with Crippen molar-refractivity contribution < 1.29 is 9.53 Å². The van der Waals surface area contributed by atoms with E-state index >= 15 is 0 Å². The molecule has 0 heterocycles. The molecule has 20 heavy (non-hydrogen) atoms. The van der Waals surface area contributed by atoms with Gasteiger partial charge in [0, 0.05) is 31.5 Å². The molecule has 0 unspecified atom stereocenters. The number of hydrogen-bond donors (Lipinski definition) is 3. The lowest BCUT2D eigenvalue weighted by Crippen LogP contribution is -2.28. The molecule has 3 N–H and O–H groups in total. The van der Waals surface area contributed by atoms with Gasteiger partial charge < -0.3 is 20.7 Å². The van der Waals surface area contributed by atoms with Crippen molar-refractivity contribution in [3.8, 4) is 0 Å². The number of ether oxygens (including phenoxy) is 1. The zero-order valence-electron chi connectivity index (χ0n) is 11.4. The van der Waals surface area contributed by atoms with Crippen LogP contribution in [0.5, 0.6) is 0 Å². The van der Waals surface area contributed by atoms with Crippen LogP contribution in [0.4, 0.5) is 5.69 Å². The SMILES string of the molecule is C=CCNC(=S)Nc1ccc(C(=O)NCCOC)cc1. The molecule has 0 saturated heterocycles. The summed E-state index contributed by atoms with van der Waals surface area (Å²) in [4.78, 5) is 11.8. The Hall–Kier alpha value is -1.92. The highest BCUT2D eigenvalue weighted by molar-refractivity contribution is 7.80. The van der Waals surface area contributed by atoms with Crippen molar-refractivity contribution >= 4 is 28.9 Å². The number of anilines is 1. The molecule has 1 amide bonds. The van der Waals surface area contributed by atoms with Gasteiger partial charge in [0.2, 0.25) is 0 Å². The third-order valence-electron chi connectivity index (χ3n) is 2.40. The molecular weight excluding hydrogens is 274 g/mol. The molecule has 0 radical (unpaired) electrons. The highest BCUT2D eigenvalue weighted by atomic mass is 32.1. The van der Waals surface area contributed by atoms with Crippen molar-refractivity contribution in [2.24, 2.45) is 0 Å². The van der Waals surface area contributed by atoms with Crippen LogP contribution >= 0.6 is 12.2 Å². The number of hydrogen-bond acceptors (Lipinski definition) is 3. The summed E-state index contributed by atoms with van der Waals surface area (Å²) in [5.74, 6) is -0.124. The van der Waals surface area contributed by atoms with Crippen LogP contribution < -0.4 is 16.0 Å². The molecule has 5 nitrogen and oxygen atoms in total. The second-order valence-electron chi connectivity index (χ2n) is 3.95. The zero-order chi connectivity index (χ0) is 14.8. The third kappa shape index (κ3) is 5.81. The molecule has 0 aliphatic carbocycles. The first kappa shape index (κ1) is 16.1. The maximum absolute atomic E-state index is 11.8. The second kappa shape index (κ2) is 9.06. The third-order valence-corrected chi connectivity index (χ3v) is 2.65. The number of thiocarbonyl (C=S) groups is 1. The molecule has 0 bridgehead atoms. The Labute approximate surface area is 124 Å². The van der Waals surface area contributed by atoms with Crippen LogP contribution in [0.2, 0.25) is 0 Å². The Balaban J connectivity index is 2.49. The molecule has 0 spiro atoms. The second-order valence-corrected chi connectivity index (χ2v) is 4.36. The predicted molar refractivity (Wildman–Crippen MR) is 85.1 cm³/mol. The van der Waals surface area contributed by atoms with Gasteiger partial charge in [-0.15, -0.1) is 6.58 Å². The Morgan fingerprint density at radius 2 is 2.05 bits per heavy atom. The number of benzene rings is 1. The minimum Gasteiger partial charge on any atom is -0.383 e. The molecule has 0 aliphatic rings. The fourth-order valence-corrected chi connectivity index (χ4v) is 1.61. The van der Waals surface area contributed by atoms with Gasteiger partial charge in [-0.3, -0.25) is 4.79 Å². The first-order valence-electron chi connectivity index (χ1n) is 6.20. The van der Waals surface area contributed by atoms with E-state index in [0.29, 0.717) is 30.4 Å². The fourth-order valence-electron chi connectivity index (χ4n) is 1.41. The van der Waals surface area contributed by atoms with Crippen LogP contribution in [0.25, 0.3) is 0 Å².